The van der Waals surface area contributed by atoms with E-state index in [1.807, 2.05) is 0 Å². The number of halogens is 1. The molecule has 0 unspecified atom stereocenters. The standard InChI is InChI=1S/C16H20ClN3O4S/c1-22-9-7-20(8-10-23-2)14(21)11-25-16-19-18-15(24-16)12-3-5-13(17)6-4-12/h3-6H,7-11H2,1-2H3. The number of hydrogen-bond donors (Lipinski definition) is 0. The minimum Gasteiger partial charge on any atom is -0.411 e. The van der Waals surface area contributed by atoms with Gasteiger partial charge in [-0.05, 0) is 24.3 Å². The fourth-order valence-electron chi connectivity index (χ4n) is 1.96. The number of benzene rings is 1. The van der Waals surface area contributed by atoms with Gasteiger partial charge in [-0.1, -0.05) is 23.4 Å². The molecule has 0 atom stereocenters. The van der Waals surface area contributed by atoms with Crippen molar-refractivity contribution in [2.24, 2.45) is 0 Å². The third-order valence-corrected chi connectivity index (χ3v) is 4.36. The highest BCUT2D eigenvalue weighted by atomic mass is 35.5. The molecule has 2 aromatic rings. The Balaban J connectivity index is 1.91. The zero-order chi connectivity index (χ0) is 18.1. The van der Waals surface area contributed by atoms with Gasteiger partial charge in [0.15, 0.2) is 0 Å². The van der Waals surface area contributed by atoms with Gasteiger partial charge in [-0.3, -0.25) is 4.79 Å². The number of nitrogens with zero attached hydrogens (tertiary/aromatic N) is 3. The second-order valence-corrected chi connectivity index (χ2v) is 6.40. The van der Waals surface area contributed by atoms with Crippen LogP contribution in [-0.4, -0.2) is 67.3 Å². The van der Waals surface area contributed by atoms with Gasteiger partial charge in [0.05, 0.1) is 19.0 Å². The van der Waals surface area contributed by atoms with Crippen LogP contribution in [-0.2, 0) is 14.3 Å². The van der Waals surface area contributed by atoms with Gasteiger partial charge in [0.2, 0.25) is 11.8 Å². The summed E-state index contributed by atoms with van der Waals surface area (Å²) in [6.07, 6.45) is 0. The van der Waals surface area contributed by atoms with Gasteiger partial charge in [0.1, 0.15) is 0 Å². The fraction of sp³-hybridized carbons (Fsp3) is 0.438. The first-order valence-corrected chi connectivity index (χ1v) is 8.98. The maximum Gasteiger partial charge on any atom is 0.277 e. The van der Waals surface area contributed by atoms with E-state index in [4.69, 9.17) is 25.5 Å². The van der Waals surface area contributed by atoms with Gasteiger partial charge < -0.3 is 18.8 Å². The number of hydrogen-bond acceptors (Lipinski definition) is 7. The lowest BCUT2D eigenvalue weighted by Crippen LogP contribution is -2.37. The van der Waals surface area contributed by atoms with Crippen LogP contribution in [0.5, 0.6) is 0 Å². The first-order chi connectivity index (χ1) is 12.1. The normalized spacial score (nSPS) is 10.8. The molecule has 0 aliphatic heterocycles. The molecule has 136 valence electrons. The minimum absolute atomic E-state index is 0.0367. The second-order valence-electron chi connectivity index (χ2n) is 5.04. The molecule has 7 nitrogen and oxygen atoms in total. The molecule has 0 fully saturated rings. The van der Waals surface area contributed by atoms with Gasteiger partial charge in [0, 0.05) is 37.9 Å². The summed E-state index contributed by atoms with van der Waals surface area (Å²) in [5.74, 6) is 0.558. The minimum atomic E-state index is -0.0367. The fourth-order valence-corrected chi connectivity index (χ4v) is 2.75. The van der Waals surface area contributed by atoms with Crippen molar-refractivity contribution in [3.63, 3.8) is 0 Å². The zero-order valence-electron chi connectivity index (χ0n) is 14.1. The number of rotatable bonds is 10. The maximum atomic E-state index is 12.3. The lowest BCUT2D eigenvalue weighted by atomic mass is 10.2. The summed E-state index contributed by atoms with van der Waals surface area (Å²) in [6, 6.07) is 7.10. The number of ether oxygens (including phenoxy) is 2. The van der Waals surface area contributed by atoms with Crippen molar-refractivity contribution in [2.75, 3.05) is 46.3 Å². The van der Waals surface area contributed by atoms with Crippen LogP contribution < -0.4 is 0 Å². The smallest absolute Gasteiger partial charge is 0.277 e. The summed E-state index contributed by atoms with van der Waals surface area (Å²) in [7, 11) is 3.20. The van der Waals surface area contributed by atoms with Crippen molar-refractivity contribution < 1.29 is 18.7 Å². The molecule has 0 bridgehead atoms. The molecule has 0 saturated heterocycles. The molecule has 1 heterocycles. The monoisotopic (exact) mass is 385 g/mol. The van der Waals surface area contributed by atoms with E-state index < -0.39 is 0 Å². The van der Waals surface area contributed by atoms with Crippen LogP contribution in [0.4, 0.5) is 0 Å². The molecular formula is C16H20ClN3O4S. The van der Waals surface area contributed by atoms with E-state index in [2.05, 4.69) is 10.2 Å². The Hall–Kier alpha value is -1.61. The summed E-state index contributed by atoms with van der Waals surface area (Å²) in [5.41, 5.74) is 0.775. The van der Waals surface area contributed by atoms with Crippen LogP contribution in [0.1, 0.15) is 0 Å². The van der Waals surface area contributed by atoms with Crippen LogP contribution in [0.2, 0.25) is 5.02 Å². The Morgan fingerprint density at radius 2 is 1.80 bits per heavy atom. The summed E-state index contributed by atoms with van der Waals surface area (Å²) in [5, 5.41) is 8.94. The second kappa shape index (κ2) is 10.4. The summed E-state index contributed by atoms with van der Waals surface area (Å²) < 4.78 is 15.6. The lowest BCUT2D eigenvalue weighted by molar-refractivity contribution is -0.129. The molecule has 0 radical (unpaired) electrons. The molecule has 0 saturated carbocycles. The molecule has 1 aromatic heterocycles. The Morgan fingerprint density at radius 1 is 1.16 bits per heavy atom. The Morgan fingerprint density at radius 3 is 2.40 bits per heavy atom. The van der Waals surface area contributed by atoms with Gasteiger partial charge in [-0.25, -0.2) is 0 Å². The average molecular weight is 386 g/mol. The van der Waals surface area contributed by atoms with E-state index in [1.165, 1.54) is 11.8 Å². The number of aromatic nitrogens is 2. The van der Waals surface area contributed by atoms with Crippen molar-refractivity contribution in [1.29, 1.82) is 0 Å². The summed E-state index contributed by atoms with van der Waals surface area (Å²) in [6.45, 7) is 1.97. The average Bonchev–Trinajstić information content (AvgIpc) is 3.09. The summed E-state index contributed by atoms with van der Waals surface area (Å²) >= 11 is 7.06. The molecule has 1 aromatic carbocycles. The van der Waals surface area contributed by atoms with Gasteiger partial charge in [-0.15, -0.1) is 10.2 Å². The molecule has 2 rings (SSSR count). The largest absolute Gasteiger partial charge is 0.411 e. The Bertz CT molecular complexity index is 658. The molecule has 0 N–H and O–H groups in total. The SMILES string of the molecule is COCCN(CCOC)C(=O)CSc1nnc(-c2ccc(Cl)cc2)o1. The van der Waals surface area contributed by atoms with Crippen LogP contribution in [0.15, 0.2) is 33.9 Å². The molecule has 0 spiro atoms. The molecular weight excluding hydrogens is 366 g/mol. The van der Waals surface area contributed by atoms with Gasteiger partial charge in [-0.2, -0.15) is 0 Å². The predicted octanol–water partition coefficient (Wildman–Crippen LogP) is 2.60. The van der Waals surface area contributed by atoms with Crippen LogP contribution in [0.3, 0.4) is 0 Å². The van der Waals surface area contributed by atoms with E-state index in [9.17, 15) is 4.79 Å². The third-order valence-electron chi connectivity index (χ3n) is 3.30. The van der Waals surface area contributed by atoms with Crippen molar-refractivity contribution in [2.45, 2.75) is 5.22 Å². The van der Waals surface area contributed by atoms with Gasteiger partial charge >= 0.3 is 0 Å². The molecule has 25 heavy (non-hydrogen) atoms. The highest BCUT2D eigenvalue weighted by Crippen LogP contribution is 2.24. The van der Waals surface area contributed by atoms with Crippen molar-refractivity contribution in [3.8, 4) is 11.5 Å². The lowest BCUT2D eigenvalue weighted by Gasteiger charge is -2.21. The molecule has 9 heteroatoms. The molecule has 1 amide bonds. The molecule has 0 aliphatic rings. The number of methoxy groups -OCH3 is 2. The predicted molar refractivity (Wildman–Crippen MR) is 95.8 cm³/mol. The van der Waals surface area contributed by atoms with E-state index in [-0.39, 0.29) is 11.7 Å². The summed E-state index contributed by atoms with van der Waals surface area (Å²) in [4.78, 5) is 14.0. The Kier molecular flexibility index (Phi) is 8.20. The van der Waals surface area contributed by atoms with Crippen molar-refractivity contribution in [3.05, 3.63) is 29.3 Å². The topological polar surface area (TPSA) is 77.7 Å². The van der Waals surface area contributed by atoms with Crippen LogP contribution in [0, 0.1) is 0 Å². The first-order valence-electron chi connectivity index (χ1n) is 7.62. The first kappa shape index (κ1) is 19.7. The quantitative estimate of drug-likeness (QED) is 0.581. The van der Waals surface area contributed by atoms with E-state index >= 15 is 0 Å². The molecule has 0 aliphatic carbocycles. The van der Waals surface area contributed by atoms with E-state index in [1.54, 1.807) is 43.4 Å². The Labute approximate surface area is 155 Å². The zero-order valence-corrected chi connectivity index (χ0v) is 15.7. The number of amides is 1. The highest BCUT2D eigenvalue weighted by Gasteiger charge is 2.16. The maximum absolute atomic E-state index is 12.3. The third kappa shape index (κ3) is 6.32. The van der Waals surface area contributed by atoms with E-state index in [0.717, 1.165) is 5.56 Å². The van der Waals surface area contributed by atoms with E-state index in [0.29, 0.717) is 42.4 Å². The van der Waals surface area contributed by atoms with Gasteiger partial charge in [0.25, 0.3) is 5.22 Å². The number of thioether (sulfide) groups is 1. The van der Waals surface area contributed by atoms with Crippen molar-refractivity contribution >= 4 is 29.3 Å². The van der Waals surface area contributed by atoms with Crippen LogP contribution >= 0.6 is 23.4 Å². The highest BCUT2D eigenvalue weighted by molar-refractivity contribution is 7.99. The number of carbonyl (C=O) groups excluding carboxylic acids is 1. The van der Waals surface area contributed by atoms with Crippen LogP contribution in [0.25, 0.3) is 11.5 Å². The van der Waals surface area contributed by atoms with Crippen molar-refractivity contribution in [1.82, 2.24) is 15.1 Å². The number of carbonyl (C=O) groups is 1.